The van der Waals surface area contributed by atoms with Crippen molar-refractivity contribution < 1.29 is 19.1 Å². The standard InChI is InChI=1S/C24H38O4/c1-4-7-8-9-10-13-18-27-23(25)21-16-11-12-17-22(21)24(26)28-19-20(14-5-2)15-6-3/h11-12,16-17,20H,4-10,13-15,18-19H2,1-3H3. The maximum atomic E-state index is 12.5. The van der Waals surface area contributed by atoms with Crippen molar-refractivity contribution in [1.29, 1.82) is 0 Å². The molecule has 0 aromatic heterocycles. The van der Waals surface area contributed by atoms with E-state index in [1.165, 1.54) is 25.7 Å². The lowest BCUT2D eigenvalue weighted by molar-refractivity contribution is 0.0402. The third-order valence-electron chi connectivity index (χ3n) is 4.94. The van der Waals surface area contributed by atoms with E-state index in [0.717, 1.165) is 38.5 Å². The van der Waals surface area contributed by atoms with Gasteiger partial charge in [-0.05, 0) is 37.3 Å². The summed E-state index contributed by atoms with van der Waals surface area (Å²) in [6, 6.07) is 6.76. The average molecular weight is 391 g/mol. The molecule has 0 atom stereocenters. The van der Waals surface area contributed by atoms with Crippen LogP contribution < -0.4 is 0 Å². The number of hydrogen-bond acceptors (Lipinski definition) is 4. The number of unbranched alkanes of at least 4 members (excludes halogenated alkanes) is 5. The summed E-state index contributed by atoms with van der Waals surface area (Å²) >= 11 is 0. The van der Waals surface area contributed by atoms with Crippen LogP contribution in [0.3, 0.4) is 0 Å². The minimum atomic E-state index is -0.445. The van der Waals surface area contributed by atoms with Crippen molar-refractivity contribution in [3.05, 3.63) is 35.4 Å². The van der Waals surface area contributed by atoms with Crippen LogP contribution in [0.4, 0.5) is 0 Å². The topological polar surface area (TPSA) is 52.6 Å². The summed E-state index contributed by atoms with van der Waals surface area (Å²) in [5, 5.41) is 0. The molecule has 0 aliphatic heterocycles. The highest BCUT2D eigenvalue weighted by molar-refractivity contribution is 6.03. The molecule has 0 saturated heterocycles. The largest absolute Gasteiger partial charge is 0.462 e. The van der Waals surface area contributed by atoms with Gasteiger partial charge in [0.1, 0.15) is 0 Å². The highest BCUT2D eigenvalue weighted by Crippen LogP contribution is 2.17. The number of ether oxygens (including phenoxy) is 2. The monoisotopic (exact) mass is 390 g/mol. The molecule has 0 unspecified atom stereocenters. The Kier molecular flexibility index (Phi) is 13.1. The first kappa shape index (κ1) is 24.2. The van der Waals surface area contributed by atoms with Gasteiger partial charge in [-0.2, -0.15) is 0 Å². The van der Waals surface area contributed by atoms with E-state index in [9.17, 15) is 9.59 Å². The lowest BCUT2D eigenvalue weighted by Crippen LogP contribution is -2.18. The van der Waals surface area contributed by atoms with Crippen LogP contribution in [0.2, 0.25) is 0 Å². The Morgan fingerprint density at radius 1 is 0.750 bits per heavy atom. The van der Waals surface area contributed by atoms with Crippen LogP contribution in [0.1, 0.15) is 106 Å². The van der Waals surface area contributed by atoms with Gasteiger partial charge in [0.05, 0.1) is 24.3 Å². The second-order valence-corrected chi connectivity index (χ2v) is 7.49. The molecule has 158 valence electrons. The quantitative estimate of drug-likeness (QED) is 0.251. The molecule has 0 spiro atoms. The van der Waals surface area contributed by atoms with E-state index >= 15 is 0 Å². The van der Waals surface area contributed by atoms with Crippen LogP contribution in [0, 0.1) is 5.92 Å². The van der Waals surface area contributed by atoms with Crippen molar-refractivity contribution in [2.24, 2.45) is 5.92 Å². The molecule has 0 heterocycles. The molecule has 0 radical (unpaired) electrons. The third kappa shape index (κ3) is 9.38. The van der Waals surface area contributed by atoms with Crippen molar-refractivity contribution in [2.75, 3.05) is 13.2 Å². The van der Waals surface area contributed by atoms with Gasteiger partial charge in [-0.1, -0.05) is 77.8 Å². The van der Waals surface area contributed by atoms with Gasteiger partial charge in [-0.15, -0.1) is 0 Å². The minimum absolute atomic E-state index is 0.293. The molecule has 4 heteroatoms. The minimum Gasteiger partial charge on any atom is -0.462 e. The Labute approximate surface area is 171 Å². The smallest absolute Gasteiger partial charge is 0.339 e. The zero-order valence-electron chi connectivity index (χ0n) is 18.0. The van der Waals surface area contributed by atoms with E-state index in [0.29, 0.717) is 30.3 Å². The van der Waals surface area contributed by atoms with E-state index in [-0.39, 0.29) is 0 Å². The Morgan fingerprint density at radius 3 is 1.86 bits per heavy atom. The van der Waals surface area contributed by atoms with Gasteiger partial charge in [0, 0.05) is 0 Å². The second kappa shape index (κ2) is 15.1. The molecule has 1 rings (SSSR count). The van der Waals surface area contributed by atoms with Gasteiger partial charge in [-0.3, -0.25) is 0 Å². The van der Waals surface area contributed by atoms with Crippen LogP contribution >= 0.6 is 0 Å². The van der Waals surface area contributed by atoms with Gasteiger partial charge >= 0.3 is 11.9 Å². The first-order chi connectivity index (χ1) is 13.6. The fourth-order valence-electron chi connectivity index (χ4n) is 3.36. The predicted molar refractivity (Wildman–Crippen MR) is 114 cm³/mol. The van der Waals surface area contributed by atoms with E-state index in [1.54, 1.807) is 24.3 Å². The van der Waals surface area contributed by atoms with E-state index in [2.05, 4.69) is 20.8 Å². The molecule has 0 aliphatic carbocycles. The zero-order chi connectivity index (χ0) is 20.6. The lowest BCUT2D eigenvalue weighted by atomic mass is 9.99. The first-order valence-electron chi connectivity index (χ1n) is 11.1. The average Bonchev–Trinajstić information content (AvgIpc) is 2.71. The number of rotatable bonds is 15. The summed E-state index contributed by atoms with van der Waals surface area (Å²) in [6.07, 6.45) is 11.0. The molecule has 0 amide bonds. The number of benzene rings is 1. The van der Waals surface area contributed by atoms with Crippen LogP contribution in [-0.2, 0) is 9.47 Å². The molecule has 1 aromatic carbocycles. The molecule has 0 N–H and O–H groups in total. The number of carbonyl (C=O) groups excluding carboxylic acids is 2. The van der Waals surface area contributed by atoms with E-state index in [4.69, 9.17) is 9.47 Å². The first-order valence-corrected chi connectivity index (χ1v) is 11.1. The predicted octanol–water partition coefficient (Wildman–Crippen LogP) is 6.58. The Hall–Kier alpha value is -1.84. The summed E-state index contributed by atoms with van der Waals surface area (Å²) in [5.74, 6) is -0.505. The summed E-state index contributed by atoms with van der Waals surface area (Å²) in [6.45, 7) is 7.27. The van der Waals surface area contributed by atoms with Gasteiger partial charge < -0.3 is 9.47 Å². The molecular weight excluding hydrogens is 352 g/mol. The van der Waals surface area contributed by atoms with Gasteiger partial charge in [-0.25, -0.2) is 9.59 Å². The third-order valence-corrected chi connectivity index (χ3v) is 4.94. The number of esters is 2. The molecule has 28 heavy (non-hydrogen) atoms. The molecular formula is C24H38O4. The fourth-order valence-corrected chi connectivity index (χ4v) is 3.36. The maximum absolute atomic E-state index is 12.5. The van der Waals surface area contributed by atoms with Crippen molar-refractivity contribution in [3.8, 4) is 0 Å². The van der Waals surface area contributed by atoms with E-state index < -0.39 is 11.9 Å². The summed E-state index contributed by atoms with van der Waals surface area (Å²) < 4.78 is 10.9. The van der Waals surface area contributed by atoms with Crippen molar-refractivity contribution in [3.63, 3.8) is 0 Å². The Balaban J connectivity index is 2.53. The van der Waals surface area contributed by atoms with Gasteiger partial charge in [0.25, 0.3) is 0 Å². The van der Waals surface area contributed by atoms with Crippen LogP contribution in [0.25, 0.3) is 0 Å². The lowest BCUT2D eigenvalue weighted by Gasteiger charge is -2.16. The fraction of sp³-hybridized carbons (Fsp3) is 0.667. The van der Waals surface area contributed by atoms with Crippen molar-refractivity contribution in [2.45, 2.75) is 85.0 Å². The number of hydrogen-bond donors (Lipinski definition) is 0. The molecule has 0 saturated carbocycles. The van der Waals surface area contributed by atoms with Crippen LogP contribution in [0.5, 0.6) is 0 Å². The Morgan fingerprint density at radius 2 is 1.29 bits per heavy atom. The van der Waals surface area contributed by atoms with Gasteiger partial charge in [0.15, 0.2) is 0 Å². The zero-order valence-corrected chi connectivity index (χ0v) is 18.0. The Bertz CT molecular complexity index is 561. The summed E-state index contributed by atoms with van der Waals surface area (Å²) in [7, 11) is 0. The second-order valence-electron chi connectivity index (χ2n) is 7.49. The van der Waals surface area contributed by atoms with Crippen molar-refractivity contribution in [1.82, 2.24) is 0 Å². The summed E-state index contributed by atoms with van der Waals surface area (Å²) in [5.41, 5.74) is 0.586. The molecule has 1 aromatic rings. The van der Waals surface area contributed by atoms with Crippen LogP contribution in [-0.4, -0.2) is 25.2 Å². The number of carbonyl (C=O) groups is 2. The highest BCUT2D eigenvalue weighted by Gasteiger charge is 2.20. The van der Waals surface area contributed by atoms with Crippen molar-refractivity contribution >= 4 is 11.9 Å². The summed E-state index contributed by atoms with van der Waals surface area (Å²) in [4.78, 5) is 24.9. The maximum Gasteiger partial charge on any atom is 0.339 e. The SMILES string of the molecule is CCCCCCCCOC(=O)c1ccccc1C(=O)OCC(CCC)CCC. The van der Waals surface area contributed by atoms with Crippen LogP contribution in [0.15, 0.2) is 24.3 Å². The van der Waals surface area contributed by atoms with Gasteiger partial charge in [0.2, 0.25) is 0 Å². The molecule has 0 aliphatic rings. The molecule has 0 bridgehead atoms. The molecule has 0 fully saturated rings. The normalized spacial score (nSPS) is 10.9. The molecule has 4 nitrogen and oxygen atoms in total. The van der Waals surface area contributed by atoms with E-state index in [1.807, 2.05) is 0 Å². The highest BCUT2D eigenvalue weighted by atomic mass is 16.5.